The zero-order chi connectivity index (χ0) is 15.5. The summed E-state index contributed by atoms with van der Waals surface area (Å²) in [6, 6.07) is 3.61. The molecular formula is C15H20N6O. The Kier molecular flexibility index (Phi) is 4.04. The number of carbonyl (C=O) groups is 1. The quantitative estimate of drug-likeness (QED) is 0.913. The Hall–Kier alpha value is -2.44. The standard InChI is InChI=1S/C15H20N6O/c1-16-15(22)12-4-3-7-17-14(12)21-8-5-11(6-9-21)13-19-18-10-20(13)2/h3-4,7,10-11H,5-6,8-9H2,1-2H3,(H,16,22). The first kappa shape index (κ1) is 14.5. The first-order chi connectivity index (χ1) is 10.7. The highest BCUT2D eigenvalue weighted by atomic mass is 16.1. The second kappa shape index (κ2) is 6.13. The Morgan fingerprint density at radius 1 is 1.36 bits per heavy atom. The van der Waals surface area contributed by atoms with Gasteiger partial charge in [-0.05, 0) is 25.0 Å². The summed E-state index contributed by atoms with van der Waals surface area (Å²) in [5, 5.41) is 10.8. The van der Waals surface area contributed by atoms with Crippen LogP contribution in [0.25, 0.3) is 0 Å². The summed E-state index contributed by atoms with van der Waals surface area (Å²) in [4.78, 5) is 18.6. The van der Waals surface area contributed by atoms with Gasteiger partial charge in [0.05, 0.1) is 5.56 Å². The number of aryl methyl sites for hydroxylation is 1. The molecule has 1 fully saturated rings. The smallest absolute Gasteiger partial charge is 0.254 e. The topological polar surface area (TPSA) is 75.9 Å². The predicted molar refractivity (Wildman–Crippen MR) is 82.8 cm³/mol. The molecule has 1 aliphatic rings. The highest BCUT2D eigenvalue weighted by molar-refractivity contribution is 5.98. The summed E-state index contributed by atoms with van der Waals surface area (Å²) in [5.74, 6) is 2.11. The monoisotopic (exact) mass is 300 g/mol. The fourth-order valence-corrected chi connectivity index (χ4v) is 2.97. The number of nitrogens with zero attached hydrogens (tertiary/aromatic N) is 5. The molecular weight excluding hydrogens is 280 g/mol. The molecule has 2 aromatic heterocycles. The van der Waals surface area contributed by atoms with Crippen molar-refractivity contribution in [2.75, 3.05) is 25.0 Å². The molecule has 1 N–H and O–H groups in total. The molecule has 22 heavy (non-hydrogen) atoms. The fourth-order valence-electron chi connectivity index (χ4n) is 2.97. The van der Waals surface area contributed by atoms with Crippen LogP contribution in [0, 0.1) is 0 Å². The van der Waals surface area contributed by atoms with E-state index < -0.39 is 0 Å². The number of pyridine rings is 1. The van der Waals surface area contributed by atoms with Crippen molar-refractivity contribution >= 4 is 11.7 Å². The molecule has 7 nitrogen and oxygen atoms in total. The first-order valence-corrected chi connectivity index (χ1v) is 7.46. The lowest BCUT2D eigenvalue weighted by Crippen LogP contribution is -2.36. The number of hydrogen-bond acceptors (Lipinski definition) is 5. The maximum atomic E-state index is 12.0. The number of hydrogen-bond donors (Lipinski definition) is 1. The van der Waals surface area contributed by atoms with Gasteiger partial charge in [0.2, 0.25) is 0 Å². The number of nitrogens with one attached hydrogen (secondary N) is 1. The Bertz CT molecular complexity index is 660. The van der Waals surface area contributed by atoms with Crippen molar-refractivity contribution in [3.05, 3.63) is 36.0 Å². The molecule has 3 heterocycles. The van der Waals surface area contributed by atoms with Crippen LogP contribution >= 0.6 is 0 Å². The minimum absolute atomic E-state index is 0.0986. The lowest BCUT2D eigenvalue weighted by Gasteiger charge is -2.33. The molecule has 116 valence electrons. The van der Waals surface area contributed by atoms with Crippen molar-refractivity contribution in [3.63, 3.8) is 0 Å². The lowest BCUT2D eigenvalue weighted by molar-refractivity contribution is 0.0963. The van der Waals surface area contributed by atoms with Gasteiger partial charge < -0.3 is 14.8 Å². The summed E-state index contributed by atoms with van der Waals surface area (Å²) in [6.45, 7) is 1.72. The van der Waals surface area contributed by atoms with Gasteiger partial charge in [0.25, 0.3) is 5.91 Å². The van der Waals surface area contributed by atoms with E-state index in [0.29, 0.717) is 11.5 Å². The van der Waals surface area contributed by atoms with E-state index in [-0.39, 0.29) is 5.91 Å². The van der Waals surface area contributed by atoms with Crippen molar-refractivity contribution in [1.29, 1.82) is 0 Å². The van der Waals surface area contributed by atoms with Crippen LogP contribution in [0.2, 0.25) is 0 Å². The zero-order valence-electron chi connectivity index (χ0n) is 12.9. The van der Waals surface area contributed by atoms with Gasteiger partial charge >= 0.3 is 0 Å². The number of piperidine rings is 1. The van der Waals surface area contributed by atoms with Crippen LogP contribution in [0.5, 0.6) is 0 Å². The second-order valence-electron chi connectivity index (χ2n) is 5.52. The molecule has 0 aliphatic carbocycles. The van der Waals surface area contributed by atoms with Crippen molar-refractivity contribution < 1.29 is 4.79 Å². The van der Waals surface area contributed by atoms with Gasteiger partial charge in [0.1, 0.15) is 18.0 Å². The molecule has 7 heteroatoms. The lowest BCUT2D eigenvalue weighted by atomic mass is 9.95. The van der Waals surface area contributed by atoms with Gasteiger partial charge in [-0.3, -0.25) is 4.79 Å². The van der Waals surface area contributed by atoms with E-state index in [9.17, 15) is 4.79 Å². The molecule has 0 aromatic carbocycles. The van der Waals surface area contributed by atoms with Crippen molar-refractivity contribution in [3.8, 4) is 0 Å². The maximum Gasteiger partial charge on any atom is 0.254 e. The molecule has 0 saturated carbocycles. The van der Waals surface area contributed by atoms with E-state index in [2.05, 4.69) is 25.4 Å². The van der Waals surface area contributed by atoms with E-state index in [4.69, 9.17) is 0 Å². The summed E-state index contributed by atoms with van der Waals surface area (Å²) >= 11 is 0. The van der Waals surface area contributed by atoms with Gasteiger partial charge in [0, 0.05) is 39.3 Å². The molecule has 2 aromatic rings. The van der Waals surface area contributed by atoms with Crippen molar-refractivity contribution in [1.82, 2.24) is 25.1 Å². The van der Waals surface area contributed by atoms with E-state index in [1.165, 1.54) is 0 Å². The van der Waals surface area contributed by atoms with Crippen LogP contribution in [0.4, 0.5) is 5.82 Å². The van der Waals surface area contributed by atoms with E-state index in [1.807, 2.05) is 17.7 Å². The average Bonchev–Trinajstić information content (AvgIpc) is 3.00. The Balaban J connectivity index is 1.75. The first-order valence-electron chi connectivity index (χ1n) is 7.46. The Morgan fingerprint density at radius 2 is 2.14 bits per heavy atom. The number of rotatable bonds is 3. The van der Waals surface area contributed by atoms with Crippen molar-refractivity contribution in [2.45, 2.75) is 18.8 Å². The number of amides is 1. The van der Waals surface area contributed by atoms with E-state index >= 15 is 0 Å². The van der Waals surface area contributed by atoms with Gasteiger partial charge in [-0.1, -0.05) is 0 Å². The van der Waals surface area contributed by atoms with Crippen LogP contribution in [0.15, 0.2) is 24.7 Å². The van der Waals surface area contributed by atoms with E-state index in [0.717, 1.165) is 37.6 Å². The molecule has 1 amide bonds. The third kappa shape index (κ3) is 2.66. The van der Waals surface area contributed by atoms with Crippen LogP contribution in [0.1, 0.15) is 34.9 Å². The molecule has 0 spiro atoms. The largest absolute Gasteiger partial charge is 0.356 e. The predicted octanol–water partition coefficient (Wildman–Crippen LogP) is 0.954. The third-order valence-corrected chi connectivity index (χ3v) is 4.16. The van der Waals surface area contributed by atoms with Crippen LogP contribution in [0.3, 0.4) is 0 Å². The van der Waals surface area contributed by atoms with E-state index in [1.54, 1.807) is 25.6 Å². The van der Waals surface area contributed by atoms with Gasteiger partial charge in [0.15, 0.2) is 0 Å². The number of carbonyl (C=O) groups excluding carboxylic acids is 1. The number of anilines is 1. The minimum atomic E-state index is -0.0986. The summed E-state index contributed by atoms with van der Waals surface area (Å²) < 4.78 is 1.98. The fraction of sp³-hybridized carbons (Fsp3) is 0.467. The molecule has 1 aliphatic heterocycles. The molecule has 0 atom stereocenters. The highest BCUT2D eigenvalue weighted by Gasteiger charge is 2.26. The van der Waals surface area contributed by atoms with Crippen LogP contribution < -0.4 is 10.2 Å². The molecule has 0 unspecified atom stereocenters. The van der Waals surface area contributed by atoms with Gasteiger partial charge in [-0.25, -0.2) is 4.98 Å². The molecule has 0 radical (unpaired) electrons. The number of aromatic nitrogens is 4. The van der Waals surface area contributed by atoms with Crippen LogP contribution in [-0.4, -0.2) is 45.8 Å². The molecule has 0 bridgehead atoms. The summed E-state index contributed by atoms with van der Waals surface area (Å²) in [6.07, 6.45) is 5.44. The SMILES string of the molecule is CNC(=O)c1cccnc1N1CCC(c2nncn2C)CC1. The molecule has 3 rings (SSSR count). The second-order valence-corrected chi connectivity index (χ2v) is 5.52. The Morgan fingerprint density at radius 3 is 2.77 bits per heavy atom. The maximum absolute atomic E-state index is 12.0. The Labute approximate surface area is 129 Å². The molecule has 1 saturated heterocycles. The summed E-state index contributed by atoms with van der Waals surface area (Å²) in [5.41, 5.74) is 0.627. The van der Waals surface area contributed by atoms with Crippen LogP contribution in [-0.2, 0) is 7.05 Å². The normalized spacial score (nSPS) is 15.8. The van der Waals surface area contributed by atoms with Crippen molar-refractivity contribution in [2.24, 2.45) is 7.05 Å². The highest BCUT2D eigenvalue weighted by Crippen LogP contribution is 2.29. The third-order valence-electron chi connectivity index (χ3n) is 4.16. The van der Waals surface area contributed by atoms with Gasteiger partial charge in [-0.15, -0.1) is 10.2 Å². The minimum Gasteiger partial charge on any atom is -0.356 e. The zero-order valence-corrected chi connectivity index (χ0v) is 12.9. The average molecular weight is 300 g/mol. The van der Waals surface area contributed by atoms with Gasteiger partial charge in [-0.2, -0.15) is 0 Å². The summed E-state index contributed by atoms with van der Waals surface area (Å²) in [7, 11) is 3.61.